The molecule has 0 aliphatic carbocycles. The molecule has 0 amide bonds. The molecule has 0 aliphatic rings. The van der Waals surface area contributed by atoms with Crippen molar-refractivity contribution < 1.29 is 4.39 Å². The predicted molar refractivity (Wildman–Crippen MR) is 85.3 cm³/mol. The van der Waals surface area contributed by atoms with Crippen LogP contribution in [0.2, 0.25) is 0 Å². The molecular weight excluding hydrogens is 285 g/mol. The fraction of sp³-hybridized carbons (Fsp3) is 0.500. The topological polar surface area (TPSA) is 37.8 Å². The highest BCUT2D eigenvalue weighted by atomic mass is 32.1. The van der Waals surface area contributed by atoms with Gasteiger partial charge in [0.25, 0.3) is 0 Å². The third-order valence-corrected chi connectivity index (χ3v) is 4.22. The van der Waals surface area contributed by atoms with Gasteiger partial charge in [-0.1, -0.05) is 43.0 Å². The smallest absolute Gasteiger partial charge is 0.128 e. The van der Waals surface area contributed by atoms with Crippen LogP contribution in [0.1, 0.15) is 60.8 Å². The molecule has 1 aromatic carbocycles. The van der Waals surface area contributed by atoms with E-state index in [0.717, 1.165) is 29.1 Å². The van der Waals surface area contributed by atoms with Crippen LogP contribution in [0.3, 0.4) is 0 Å². The summed E-state index contributed by atoms with van der Waals surface area (Å²) < 4.78 is 18.4. The van der Waals surface area contributed by atoms with Crippen LogP contribution in [0.15, 0.2) is 18.2 Å². The van der Waals surface area contributed by atoms with Gasteiger partial charge in [0.1, 0.15) is 5.82 Å². The second kappa shape index (κ2) is 7.09. The maximum atomic E-state index is 14.3. The molecule has 2 rings (SSSR count). The monoisotopic (exact) mass is 307 g/mol. The highest BCUT2D eigenvalue weighted by molar-refractivity contribution is 7.05. The Balaban J connectivity index is 2.47. The van der Waals surface area contributed by atoms with Crippen LogP contribution in [-0.4, -0.2) is 16.1 Å². The van der Waals surface area contributed by atoms with Crippen LogP contribution in [0.4, 0.5) is 4.39 Å². The van der Waals surface area contributed by atoms with E-state index in [-0.39, 0.29) is 17.8 Å². The van der Waals surface area contributed by atoms with Crippen LogP contribution in [0, 0.1) is 12.7 Å². The zero-order valence-electron chi connectivity index (χ0n) is 13.0. The number of halogens is 1. The molecule has 0 bridgehead atoms. The molecular formula is C16H22FN3S. The van der Waals surface area contributed by atoms with Crippen molar-refractivity contribution in [3.8, 4) is 0 Å². The summed E-state index contributed by atoms with van der Waals surface area (Å²) >= 11 is 1.36. The van der Waals surface area contributed by atoms with Gasteiger partial charge >= 0.3 is 0 Å². The van der Waals surface area contributed by atoms with Gasteiger partial charge in [0, 0.05) is 5.56 Å². The summed E-state index contributed by atoms with van der Waals surface area (Å²) in [6.07, 6.45) is 0.993. The number of benzene rings is 1. The third-order valence-electron chi connectivity index (χ3n) is 3.41. The van der Waals surface area contributed by atoms with E-state index in [1.807, 2.05) is 13.0 Å². The highest BCUT2D eigenvalue weighted by Gasteiger charge is 2.24. The first-order valence-electron chi connectivity index (χ1n) is 7.36. The average molecular weight is 307 g/mol. The van der Waals surface area contributed by atoms with Crippen LogP contribution in [-0.2, 0) is 0 Å². The molecule has 1 heterocycles. The number of aromatic nitrogens is 2. The number of hydrogen-bond donors (Lipinski definition) is 1. The van der Waals surface area contributed by atoms with Crippen molar-refractivity contribution in [3.05, 3.63) is 45.7 Å². The minimum Gasteiger partial charge on any atom is -0.305 e. The number of hydrogen-bond acceptors (Lipinski definition) is 4. The van der Waals surface area contributed by atoms with Crippen molar-refractivity contribution in [3.63, 3.8) is 0 Å². The van der Waals surface area contributed by atoms with Crippen molar-refractivity contribution in [2.24, 2.45) is 0 Å². The molecule has 5 heteroatoms. The molecule has 0 fully saturated rings. The summed E-state index contributed by atoms with van der Waals surface area (Å²) in [4.78, 5) is 1.02. The molecule has 2 aromatic rings. The minimum atomic E-state index is -0.183. The number of rotatable bonds is 6. The first-order chi connectivity index (χ1) is 10.0. The fourth-order valence-electron chi connectivity index (χ4n) is 2.32. The van der Waals surface area contributed by atoms with Crippen LogP contribution < -0.4 is 5.32 Å². The molecule has 1 aromatic heterocycles. The Morgan fingerprint density at radius 2 is 2.10 bits per heavy atom. The van der Waals surface area contributed by atoms with Gasteiger partial charge in [0.2, 0.25) is 0 Å². The SMILES string of the molecule is CCCNC(c1cc(C)ccc1F)c1snnc1C(C)C. The van der Waals surface area contributed by atoms with E-state index in [1.54, 1.807) is 6.07 Å². The summed E-state index contributed by atoms with van der Waals surface area (Å²) in [5, 5.41) is 7.67. The summed E-state index contributed by atoms with van der Waals surface area (Å²) in [5.74, 6) is 0.0925. The third kappa shape index (κ3) is 3.66. The number of nitrogens with zero attached hydrogens (tertiary/aromatic N) is 2. The van der Waals surface area contributed by atoms with Crippen molar-refractivity contribution in [1.29, 1.82) is 0 Å². The maximum absolute atomic E-state index is 14.3. The van der Waals surface area contributed by atoms with Crippen molar-refractivity contribution in [1.82, 2.24) is 14.9 Å². The van der Waals surface area contributed by atoms with Gasteiger partial charge in [-0.2, -0.15) is 0 Å². The van der Waals surface area contributed by atoms with Gasteiger partial charge in [-0.25, -0.2) is 4.39 Å². The molecule has 1 unspecified atom stereocenters. The molecule has 3 nitrogen and oxygen atoms in total. The zero-order chi connectivity index (χ0) is 15.4. The normalized spacial score (nSPS) is 12.9. The first-order valence-corrected chi connectivity index (χ1v) is 8.13. The van der Waals surface area contributed by atoms with Crippen LogP contribution >= 0.6 is 11.5 Å². The quantitative estimate of drug-likeness (QED) is 0.869. The average Bonchev–Trinajstić information content (AvgIpc) is 2.92. The molecule has 114 valence electrons. The van der Waals surface area contributed by atoms with E-state index in [0.29, 0.717) is 5.56 Å². The summed E-state index contributed by atoms with van der Waals surface area (Å²) in [5.41, 5.74) is 2.68. The van der Waals surface area contributed by atoms with Gasteiger partial charge in [-0.15, -0.1) is 5.10 Å². The van der Waals surface area contributed by atoms with Crippen molar-refractivity contribution in [2.45, 2.75) is 46.1 Å². The Bertz CT molecular complexity index is 595. The first kappa shape index (κ1) is 16.0. The lowest BCUT2D eigenvalue weighted by Crippen LogP contribution is -2.24. The largest absolute Gasteiger partial charge is 0.305 e. The summed E-state index contributed by atoms with van der Waals surface area (Å²) in [6, 6.07) is 5.06. The van der Waals surface area contributed by atoms with Gasteiger partial charge < -0.3 is 5.32 Å². The summed E-state index contributed by atoms with van der Waals surface area (Å²) in [7, 11) is 0. The highest BCUT2D eigenvalue weighted by Crippen LogP contribution is 2.32. The minimum absolute atomic E-state index is 0.178. The molecule has 0 spiro atoms. The lowest BCUT2D eigenvalue weighted by atomic mass is 9.98. The molecule has 1 N–H and O–H groups in total. The molecule has 0 aliphatic heterocycles. The van der Waals surface area contributed by atoms with E-state index in [9.17, 15) is 4.39 Å². The van der Waals surface area contributed by atoms with E-state index in [4.69, 9.17) is 0 Å². The van der Waals surface area contributed by atoms with Gasteiger partial charge in [0.15, 0.2) is 0 Å². The Morgan fingerprint density at radius 1 is 1.33 bits per heavy atom. The van der Waals surface area contributed by atoms with E-state index in [2.05, 4.69) is 35.7 Å². The molecule has 0 saturated carbocycles. The van der Waals surface area contributed by atoms with Crippen LogP contribution in [0.5, 0.6) is 0 Å². The van der Waals surface area contributed by atoms with Crippen molar-refractivity contribution in [2.75, 3.05) is 6.54 Å². The van der Waals surface area contributed by atoms with Gasteiger partial charge in [-0.05, 0) is 43.4 Å². The van der Waals surface area contributed by atoms with Gasteiger partial charge in [-0.3, -0.25) is 0 Å². The Morgan fingerprint density at radius 3 is 2.76 bits per heavy atom. The maximum Gasteiger partial charge on any atom is 0.128 e. The number of aryl methyl sites for hydroxylation is 1. The van der Waals surface area contributed by atoms with E-state index >= 15 is 0 Å². The second-order valence-electron chi connectivity index (χ2n) is 5.59. The van der Waals surface area contributed by atoms with Crippen LogP contribution in [0.25, 0.3) is 0 Å². The summed E-state index contributed by atoms with van der Waals surface area (Å²) in [6.45, 7) is 9.08. The van der Waals surface area contributed by atoms with E-state index < -0.39 is 0 Å². The molecule has 1 atom stereocenters. The fourth-order valence-corrected chi connectivity index (χ4v) is 3.22. The lowest BCUT2D eigenvalue weighted by molar-refractivity contribution is 0.546. The van der Waals surface area contributed by atoms with Gasteiger partial charge in [0.05, 0.1) is 16.6 Å². The molecule has 0 saturated heterocycles. The zero-order valence-corrected chi connectivity index (χ0v) is 13.8. The standard InChI is InChI=1S/C16H22FN3S/c1-5-8-18-15(12-9-11(4)6-7-13(12)17)16-14(10(2)3)19-20-21-16/h6-7,9-10,15,18H,5,8H2,1-4H3. The predicted octanol–water partition coefficient (Wildman–Crippen LogP) is 4.20. The van der Waals surface area contributed by atoms with Crippen molar-refractivity contribution >= 4 is 11.5 Å². The molecule has 21 heavy (non-hydrogen) atoms. The Kier molecular flexibility index (Phi) is 5.42. The number of nitrogens with one attached hydrogen (secondary N) is 1. The Hall–Kier alpha value is -1.33. The molecule has 0 radical (unpaired) electrons. The Labute approximate surface area is 129 Å². The second-order valence-corrected chi connectivity index (χ2v) is 6.37. The lowest BCUT2D eigenvalue weighted by Gasteiger charge is -2.20. The van der Waals surface area contributed by atoms with E-state index in [1.165, 1.54) is 17.6 Å².